The van der Waals surface area contributed by atoms with Crippen LogP contribution in [0.4, 0.5) is 4.39 Å². The molecule has 1 aliphatic carbocycles. The van der Waals surface area contributed by atoms with Crippen molar-refractivity contribution in [3.05, 3.63) is 35.6 Å². The molecular weight excluding hydrogens is 295 g/mol. The van der Waals surface area contributed by atoms with Crippen molar-refractivity contribution >= 4 is 5.91 Å². The summed E-state index contributed by atoms with van der Waals surface area (Å²) in [7, 11) is 0. The summed E-state index contributed by atoms with van der Waals surface area (Å²) in [4.78, 5) is 12.0. The Bertz CT molecular complexity index is 504. The van der Waals surface area contributed by atoms with Crippen molar-refractivity contribution in [2.45, 2.75) is 57.1 Å². The van der Waals surface area contributed by atoms with Crippen LogP contribution in [0, 0.1) is 11.7 Å². The first-order chi connectivity index (χ1) is 11.1. The molecule has 2 rings (SSSR count). The Labute approximate surface area is 137 Å². The van der Waals surface area contributed by atoms with Gasteiger partial charge in [-0.1, -0.05) is 44.2 Å². The van der Waals surface area contributed by atoms with Crippen LogP contribution < -0.4 is 11.1 Å². The highest BCUT2D eigenvalue weighted by atomic mass is 19.1. The number of amides is 1. The van der Waals surface area contributed by atoms with E-state index >= 15 is 0 Å². The molecule has 0 radical (unpaired) electrons. The van der Waals surface area contributed by atoms with E-state index in [-0.39, 0.29) is 5.82 Å². The number of carbonyl (C=O) groups is 1. The third kappa shape index (κ3) is 5.92. The molecule has 1 amide bonds. The van der Waals surface area contributed by atoms with Crippen molar-refractivity contribution < 1.29 is 14.3 Å². The van der Waals surface area contributed by atoms with E-state index in [1.54, 1.807) is 12.1 Å². The van der Waals surface area contributed by atoms with E-state index in [1.165, 1.54) is 31.4 Å². The Morgan fingerprint density at radius 2 is 2.09 bits per heavy atom. The van der Waals surface area contributed by atoms with Crippen LogP contribution in [0.25, 0.3) is 0 Å². The number of rotatable bonds is 7. The minimum Gasteiger partial charge on any atom is -0.382 e. The van der Waals surface area contributed by atoms with Crippen molar-refractivity contribution in [3.63, 3.8) is 0 Å². The number of aliphatic hydroxyl groups is 1. The van der Waals surface area contributed by atoms with Gasteiger partial charge in [-0.15, -0.1) is 0 Å². The smallest absolute Gasteiger partial charge is 0.250 e. The van der Waals surface area contributed by atoms with E-state index in [4.69, 9.17) is 5.73 Å². The first-order valence-corrected chi connectivity index (χ1v) is 8.52. The fourth-order valence-corrected chi connectivity index (χ4v) is 3.26. The summed E-state index contributed by atoms with van der Waals surface area (Å²) < 4.78 is 13.1. The second-order valence-electron chi connectivity index (χ2n) is 6.52. The lowest BCUT2D eigenvalue weighted by atomic mass is 9.84. The van der Waals surface area contributed by atoms with Gasteiger partial charge in [0.15, 0.2) is 0 Å². The normalized spacial score (nSPS) is 18.4. The summed E-state index contributed by atoms with van der Waals surface area (Å²) in [6.07, 6.45) is 6.02. The van der Waals surface area contributed by atoms with E-state index in [9.17, 15) is 14.3 Å². The molecule has 0 spiro atoms. The Kier molecular flexibility index (Phi) is 6.99. The number of nitrogens with one attached hydrogen (secondary N) is 1. The Morgan fingerprint density at radius 3 is 2.78 bits per heavy atom. The molecule has 4 nitrogen and oxygen atoms in total. The molecule has 2 unspecified atom stereocenters. The summed E-state index contributed by atoms with van der Waals surface area (Å²) >= 11 is 0. The van der Waals surface area contributed by atoms with Gasteiger partial charge in [-0.2, -0.15) is 0 Å². The summed E-state index contributed by atoms with van der Waals surface area (Å²) in [5.41, 5.74) is 6.80. The summed E-state index contributed by atoms with van der Waals surface area (Å²) in [6.45, 7) is 0.357. The number of halogens is 1. The largest absolute Gasteiger partial charge is 0.382 e. The van der Waals surface area contributed by atoms with E-state index in [2.05, 4.69) is 5.32 Å². The Balaban J connectivity index is 1.71. The molecule has 2 atom stereocenters. The monoisotopic (exact) mass is 322 g/mol. The van der Waals surface area contributed by atoms with Crippen LogP contribution in [0.3, 0.4) is 0 Å². The van der Waals surface area contributed by atoms with Gasteiger partial charge in [-0.25, -0.2) is 4.39 Å². The summed E-state index contributed by atoms with van der Waals surface area (Å²) in [5.74, 6) is -0.207. The molecule has 1 aromatic rings. The van der Waals surface area contributed by atoms with Crippen LogP contribution in [0.1, 0.15) is 44.1 Å². The predicted octanol–water partition coefficient (Wildman–Crippen LogP) is 2.14. The molecule has 4 N–H and O–H groups in total. The van der Waals surface area contributed by atoms with Crippen molar-refractivity contribution in [1.29, 1.82) is 0 Å². The Morgan fingerprint density at radius 1 is 1.35 bits per heavy atom. The standard InChI is InChI=1S/C18H27FN2O2/c19-15-8-4-7-14(11-15)9-10-21-18(23)17(22)16(20)12-13-5-2-1-3-6-13/h4,7-8,11,13,16-17,22H,1-3,5-6,9-10,12,20H2,(H,21,23). The van der Waals surface area contributed by atoms with E-state index < -0.39 is 18.1 Å². The van der Waals surface area contributed by atoms with Gasteiger partial charge in [0.25, 0.3) is 0 Å². The van der Waals surface area contributed by atoms with Gasteiger partial charge in [0.1, 0.15) is 11.9 Å². The molecule has 1 saturated carbocycles. The number of hydrogen-bond acceptors (Lipinski definition) is 3. The van der Waals surface area contributed by atoms with Crippen molar-refractivity contribution in [2.75, 3.05) is 6.54 Å². The van der Waals surface area contributed by atoms with Gasteiger partial charge in [-0.05, 0) is 36.5 Å². The van der Waals surface area contributed by atoms with Crippen LogP contribution >= 0.6 is 0 Å². The van der Waals surface area contributed by atoms with Gasteiger partial charge in [0.2, 0.25) is 5.91 Å². The molecule has 0 heterocycles. The van der Waals surface area contributed by atoms with Gasteiger partial charge in [-0.3, -0.25) is 4.79 Å². The molecule has 0 aromatic heterocycles. The second-order valence-corrected chi connectivity index (χ2v) is 6.52. The van der Waals surface area contributed by atoms with E-state index in [1.807, 2.05) is 0 Å². The second kappa shape index (κ2) is 8.99. The highest BCUT2D eigenvalue weighted by Gasteiger charge is 2.26. The lowest BCUT2D eigenvalue weighted by Gasteiger charge is -2.26. The zero-order valence-corrected chi connectivity index (χ0v) is 13.5. The van der Waals surface area contributed by atoms with Crippen LogP contribution in [-0.2, 0) is 11.2 Å². The fraction of sp³-hybridized carbons (Fsp3) is 0.611. The zero-order valence-electron chi connectivity index (χ0n) is 13.5. The average Bonchev–Trinajstić information content (AvgIpc) is 2.55. The topological polar surface area (TPSA) is 75.3 Å². The molecule has 1 aliphatic rings. The molecule has 0 saturated heterocycles. The third-order valence-corrected chi connectivity index (χ3v) is 4.61. The summed E-state index contributed by atoms with van der Waals surface area (Å²) in [6, 6.07) is 5.75. The maximum atomic E-state index is 13.1. The van der Waals surface area contributed by atoms with Gasteiger partial charge < -0.3 is 16.2 Å². The fourth-order valence-electron chi connectivity index (χ4n) is 3.26. The van der Waals surface area contributed by atoms with Crippen LogP contribution in [-0.4, -0.2) is 29.7 Å². The Hall–Kier alpha value is -1.46. The number of nitrogens with two attached hydrogens (primary N) is 1. The minimum atomic E-state index is -1.18. The molecule has 0 bridgehead atoms. The minimum absolute atomic E-state index is 0.289. The molecular formula is C18H27FN2O2. The average molecular weight is 322 g/mol. The lowest BCUT2D eigenvalue weighted by Crippen LogP contribution is -2.47. The highest BCUT2D eigenvalue weighted by molar-refractivity contribution is 5.81. The van der Waals surface area contributed by atoms with Gasteiger partial charge >= 0.3 is 0 Å². The SMILES string of the molecule is NC(CC1CCCCC1)C(O)C(=O)NCCc1cccc(F)c1. The van der Waals surface area contributed by atoms with E-state index in [0.29, 0.717) is 25.3 Å². The van der Waals surface area contributed by atoms with Crippen molar-refractivity contribution in [2.24, 2.45) is 11.7 Å². The first kappa shape index (κ1) is 17.9. The zero-order chi connectivity index (χ0) is 16.7. The number of hydrogen-bond donors (Lipinski definition) is 3. The van der Waals surface area contributed by atoms with Gasteiger partial charge in [0.05, 0.1) is 0 Å². The predicted molar refractivity (Wildman–Crippen MR) is 88.3 cm³/mol. The molecule has 128 valence electrons. The molecule has 1 fully saturated rings. The number of aliphatic hydroxyl groups excluding tert-OH is 1. The van der Waals surface area contributed by atoms with Crippen molar-refractivity contribution in [1.82, 2.24) is 5.32 Å². The lowest BCUT2D eigenvalue weighted by molar-refractivity contribution is -0.130. The van der Waals surface area contributed by atoms with E-state index in [0.717, 1.165) is 18.4 Å². The third-order valence-electron chi connectivity index (χ3n) is 4.61. The van der Waals surface area contributed by atoms with Crippen LogP contribution in [0.15, 0.2) is 24.3 Å². The van der Waals surface area contributed by atoms with Crippen LogP contribution in [0.2, 0.25) is 0 Å². The molecule has 5 heteroatoms. The number of carbonyl (C=O) groups excluding carboxylic acids is 1. The highest BCUT2D eigenvalue weighted by Crippen LogP contribution is 2.27. The molecule has 1 aromatic carbocycles. The van der Waals surface area contributed by atoms with Crippen LogP contribution in [0.5, 0.6) is 0 Å². The quantitative estimate of drug-likeness (QED) is 0.720. The maximum Gasteiger partial charge on any atom is 0.250 e. The first-order valence-electron chi connectivity index (χ1n) is 8.52. The maximum absolute atomic E-state index is 13.1. The summed E-state index contributed by atoms with van der Waals surface area (Å²) in [5, 5.41) is 12.7. The van der Waals surface area contributed by atoms with Gasteiger partial charge in [0, 0.05) is 12.6 Å². The molecule has 23 heavy (non-hydrogen) atoms. The number of benzene rings is 1. The van der Waals surface area contributed by atoms with Crippen molar-refractivity contribution in [3.8, 4) is 0 Å². The molecule has 0 aliphatic heterocycles.